The number of carbonyl (C=O) groups is 1. The maximum absolute atomic E-state index is 13.3. The summed E-state index contributed by atoms with van der Waals surface area (Å²) >= 11 is 5.93. The van der Waals surface area contributed by atoms with E-state index in [0.717, 1.165) is 34.0 Å². The van der Waals surface area contributed by atoms with Gasteiger partial charge in [-0.3, -0.25) is 0 Å². The average Bonchev–Trinajstić information content (AvgIpc) is 3.08. The Morgan fingerprint density at radius 1 is 0.968 bits per heavy atom. The van der Waals surface area contributed by atoms with Gasteiger partial charge in [0, 0.05) is 34.6 Å². The van der Waals surface area contributed by atoms with Gasteiger partial charge in [0.25, 0.3) is 0 Å². The molecule has 4 aromatic rings. The molecule has 0 radical (unpaired) electrons. The topological polar surface area (TPSA) is 54.3 Å². The zero-order valence-electron chi connectivity index (χ0n) is 16.8. The number of carboxylic acids is 1. The first-order valence-corrected chi connectivity index (χ1v) is 10.4. The smallest absolute Gasteiger partial charge is 0.352 e. The van der Waals surface area contributed by atoms with Crippen LogP contribution >= 0.6 is 11.6 Å². The van der Waals surface area contributed by atoms with E-state index < -0.39 is 5.97 Å². The zero-order chi connectivity index (χ0) is 21.8. The monoisotopic (exact) mass is 436 g/mol. The Balaban J connectivity index is 1.59. The number of rotatable bonds is 8. The SMILES string of the molecule is O=C(O)c1c(CNCCc2ccc(Cl)cc2)c2ccccc2n1Cc1ccc(F)cc1. The molecule has 0 saturated heterocycles. The lowest BCUT2D eigenvalue weighted by atomic mass is 10.1. The van der Waals surface area contributed by atoms with Crippen LogP contribution < -0.4 is 5.32 Å². The van der Waals surface area contributed by atoms with E-state index in [-0.39, 0.29) is 11.5 Å². The number of nitrogens with zero attached hydrogens (tertiary/aromatic N) is 1. The average molecular weight is 437 g/mol. The van der Waals surface area contributed by atoms with E-state index in [1.165, 1.54) is 12.1 Å². The maximum atomic E-state index is 13.3. The Hall–Kier alpha value is -3.15. The van der Waals surface area contributed by atoms with Gasteiger partial charge >= 0.3 is 5.97 Å². The number of carboxylic acid groups (broad SMARTS) is 1. The molecule has 6 heteroatoms. The number of hydrogen-bond donors (Lipinski definition) is 2. The van der Waals surface area contributed by atoms with Gasteiger partial charge in [-0.05, 0) is 54.4 Å². The second-order valence-corrected chi connectivity index (χ2v) is 7.85. The number of fused-ring (bicyclic) bond motifs is 1. The standard InChI is InChI=1S/C25H22ClFN2O2/c26-19-9-5-17(6-10-19)13-14-28-15-22-21-3-1-2-4-23(21)29(24(22)25(30)31)16-18-7-11-20(27)12-8-18/h1-12,28H,13-16H2,(H,30,31). The molecular formula is C25H22ClFN2O2. The van der Waals surface area contributed by atoms with Crippen LogP contribution in [-0.4, -0.2) is 22.2 Å². The van der Waals surface area contributed by atoms with Crippen molar-refractivity contribution in [3.63, 3.8) is 0 Å². The van der Waals surface area contributed by atoms with Gasteiger partial charge in [0.15, 0.2) is 0 Å². The summed E-state index contributed by atoms with van der Waals surface area (Å²) in [5.41, 5.74) is 3.85. The molecule has 0 aliphatic carbocycles. The van der Waals surface area contributed by atoms with E-state index in [1.807, 2.05) is 48.5 Å². The van der Waals surface area contributed by atoms with E-state index in [2.05, 4.69) is 5.32 Å². The van der Waals surface area contributed by atoms with Gasteiger partial charge in [0.2, 0.25) is 0 Å². The summed E-state index contributed by atoms with van der Waals surface area (Å²) in [4.78, 5) is 12.2. The lowest BCUT2D eigenvalue weighted by Crippen LogP contribution is -2.19. The number of aromatic carboxylic acids is 1. The van der Waals surface area contributed by atoms with Crippen molar-refractivity contribution < 1.29 is 14.3 Å². The molecule has 1 heterocycles. The lowest BCUT2D eigenvalue weighted by molar-refractivity contribution is 0.0684. The summed E-state index contributed by atoms with van der Waals surface area (Å²) in [5, 5.41) is 15.0. The number of halogens is 2. The van der Waals surface area contributed by atoms with Crippen molar-refractivity contribution in [2.45, 2.75) is 19.5 Å². The van der Waals surface area contributed by atoms with Crippen molar-refractivity contribution in [2.24, 2.45) is 0 Å². The first-order valence-electron chi connectivity index (χ1n) is 10.1. The van der Waals surface area contributed by atoms with Crippen molar-refractivity contribution >= 4 is 28.5 Å². The van der Waals surface area contributed by atoms with Crippen LogP contribution in [0.3, 0.4) is 0 Å². The fourth-order valence-electron chi connectivity index (χ4n) is 3.83. The summed E-state index contributed by atoms with van der Waals surface area (Å²) in [7, 11) is 0. The molecule has 1 aromatic heterocycles. The van der Waals surface area contributed by atoms with Crippen molar-refractivity contribution in [1.29, 1.82) is 0 Å². The van der Waals surface area contributed by atoms with Crippen LogP contribution in [0.1, 0.15) is 27.2 Å². The molecule has 0 amide bonds. The minimum atomic E-state index is -0.979. The molecule has 4 rings (SSSR count). The fourth-order valence-corrected chi connectivity index (χ4v) is 3.96. The minimum absolute atomic E-state index is 0.254. The molecule has 0 saturated carbocycles. The predicted molar refractivity (Wildman–Crippen MR) is 121 cm³/mol. The highest BCUT2D eigenvalue weighted by Crippen LogP contribution is 2.27. The van der Waals surface area contributed by atoms with Crippen LogP contribution in [0.15, 0.2) is 72.8 Å². The molecule has 3 aromatic carbocycles. The largest absolute Gasteiger partial charge is 0.477 e. The van der Waals surface area contributed by atoms with Gasteiger partial charge < -0.3 is 15.0 Å². The Morgan fingerprint density at radius 2 is 1.65 bits per heavy atom. The molecular weight excluding hydrogens is 415 g/mol. The van der Waals surface area contributed by atoms with Crippen LogP contribution in [0.5, 0.6) is 0 Å². The quantitative estimate of drug-likeness (QED) is 0.358. The maximum Gasteiger partial charge on any atom is 0.352 e. The molecule has 0 fully saturated rings. The van der Waals surface area contributed by atoms with Crippen LogP contribution in [0.4, 0.5) is 4.39 Å². The van der Waals surface area contributed by atoms with Crippen LogP contribution in [-0.2, 0) is 19.5 Å². The second-order valence-electron chi connectivity index (χ2n) is 7.42. The van der Waals surface area contributed by atoms with Crippen LogP contribution in [0.2, 0.25) is 5.02 Å². The fraction of sp³-hybridized carbons (Fsp3) is 0.160. The summed E-state index contributed by atoms with van der Waals surface area (Å²) in [5.74, 6) is -1.29. The Kier molecular flexibility index (Phi) is 6.35. The highest BCUT2D eigenvalue weighted by Gasteiger charge is 2.22. The number of benzene rings is 3. The van der Waals surface area contributed by atoms with Gasteiger partial charge in [-0.25, -0.2) is 9.18 Å². The number of para-hydroxylation sites is 1. The molecule has 0 atom stereocenters. The number of aromatic nitrogens is 1. The van der Waals surface area contributed by atoms with Crippen molar-refractivity contribution in [2.75, 3.05) is 6.54 Å². The third kappa shape index (κ3) is 4.79. The molecule has 158 valence electrons. The molecule has 4 nitrogen and oxygen atoms in total. The zero-order valence-corrected chi connectivity index (χ0v) is 17.6. The highest BCUT2D eigenvalue weighted by atomic mass is 35.5. The van der Waals surface area contributed by atoms with Crippen molar-refractivity contribution in [1.82, 2.24) is 9.88 Å². The Labute approximate surface area is 184 Å². The van der Waals surface area contributed by atoms with Crippen molar-refractivity contribution in [3.05, 3.63) is 106 Å². The lowest BCUT2D eigenvalue weighted by Gasteiger charge is -2.10. The third-order valence-electron chi connectivity index (χ3n) is 5.34. The predicted octanol–water partition coefficient (Wildman–Crippen LogP) is 5.51. The number of hydrogen-bond acceptors (Lipinski definition) is 2. The molecule has 0 bridgehead atoms. The number of nitrogens with one attached hydrogen (secondary N) is 1. The summed E-state index contributed by atoms with van der Waals surface area (Å²) in [6, 6.07) is 21.5. The highest BCUT2D eigenvalue weighted by molar-refractivity contribution is 6.30. The summed E-state index contributed by atoms with van der Waals surface area (Å²) < 4.78 is 15.1. The van der Waals surface area contributed by atoms with Crippen LogP contribution in [0, 0.1) is 5.82 Å². The molecule has 0 unspecified atom stereocenters. The van der Waals surface area contributed by atoms with E-state index in [4.69, 9.17) is 11.6 Å². The van der Waals surface area contributed by atoms with Gasteiger partial charge in [-0.15, -0.1) is 0 Å². The normalized spacial score (nSPS) is 11.2. The van der Waals surface area contributed by atoms with E-state index in [1.54, 1.807) is 16.7 Å². The van der Waals surface area contributed by atoms with E-state index in [0.29, 0.717) is 24.7 Å². The second kappa shape index (κ2) is 9.33. The first kappa shape index (κ1) is 21.1. The molecule has 0 spiro atoms. The summed E-state index contributed by atoms with van der Waals surface area (Å²) in [6.07, 6.45) is 0.813. The van der Waals surface area contributed by atoms with Crippen LogP contribution in [0.25, 0.3) is 10.9 Å². The van der Waals surface area contributed by atoms with E-state index in [9.17, 15) is 14.3 Å². The van der Waals surface area contributed by atoms with E-state index >= 15 is 0 Å². The molecule has 2 N–H and O–H groups in total. The minimum Gasteiger partial charge on any atom is -0.477 e. The molecule has 0 aliphatic heterocycles. The Bertz CT molecular complexity index is 1200. The summed E-state index contributed by atoms with van der Waals surface area (Å²) in [6.45, 7) is 1.50. The van der Waals surface area contributed by atoms with Gasteiger partial charge in [0.05, 0.1) is 0 Å². The molecule has 31 heavy (non-hydrogen) atoms. The van der Waals surface area contributed by atoms with Gasteiger partial charge in [0.1, 0.15) is 11.5 Å². The van der Waals surface area contributed by atoms with Crippen molar-refractivity contribution in [3.8, 4) is 0 Å². The molecule has 0 aliphatic rings. The van der Waals surface area contributed by atoms with Gasteiger partial charge in [-0.1, -0.05) is 54.1 Å². The van der Waals surface area contributed by atoms with Gasteiger partial charge in [-0.2, -0.15) is 0 Å². The first-order chi connectivity index (χ1) is 15.0. The third-order valence-corrected chi connectivity index (χ3v) is 5.59. The Morgan fingerprint density at radius 3 is 2.35 bits per heavy atom.